The summed E-state index contributed by atoms with van der Waals surface area (Å²) in [6.45, 7) is 6.15. The maximum atomic E-state index is 11.9. The zero-order valence-electron chi connectivity index (χ0n) is 14.8. The van der Waals surface area contributed by atoms with Crippen LogP contribution < -0.4 is 10.1 Å². The van der Waals surface area contributed by atoms with Gasteiger partial charge in [-0.1, -0.05) is 24.1 Å². The maximum absolute atomic E-state index is 11.9. The first-order valence-electron chi connectivity index (χ1n) is 8.81. The predicted molar refractivity (Wildman–Crippen MR) is 94.1 cm³/mol. The molecule has 2 rings (SSSR count). The Kier molecular flexibility index (Phi) is 7.09. The molecule has 1 fully saturated rings. The fourth-order valence-corrected chi connectivity index (χ4v) is 2.93. The van der Waals surface area contributed by atoms with Gasteiger partial charge in [0.25, 0.3) is 5.91 Å². The van der Waals surface area contributed by atoms with E-state index in [0.29, 0.717) is 13.0 Å². The zero-order valence-corrected chi connectivity index (χ0v) is 14.8. The predicted octanol–water partition coefficient (Wildman–Crippen LogP) is 2.59. The smallest absolute Gasteiger partial charge is 0.257 e. The molecule has 0 atom stereocenters. The molecule has 0 saturated carbocycles. The second-order valence-corrected chi connectivity index (χ2v) is 6.45. The van der Waals surface area contributed by atoms with Gasteiger partial charge >= 0.3 is 0 Å². The standard InChI is InChI=1S/C19H28N2O3/c1-15-8-9-17(16(2)13-15)24-14-18(22)20-10-6-12-21-11-5-3-4-7-19(21)23/h8-9,13H,3-7,10-12,14H2,1-2H3,(H,20,22). The molecule has 0 aromatic heterocycles. The van der Waals surface area contributed by atoms with Crippen molar-refractivity contribution in [2.75, 3.05) is 26.2 Å². The van der Waals surface area contributed by atoms with Gasteiger partial charge in [-0.05, 0) is 44.7 Å². The van der Waals surface area contributed by atoms with E-state index in [0.717, 1.165) is 50.1 Å². The Labute approximate surface area is 144 Å². The summed E-state index contributed by atoms with van der Waals surface area (Å²) in [7, 11) is 0. The molecule has 0 aliphatic carbocycles. The Morgan fingerprint density at radius 1 is 1.25 bits per heavy atom. The van der Waals surface area contributed by atoms with Gasteiger partial charge in [0.15, 0.2) is 6.61 Å². The van der Waals surface area contributed by atoms with Gasteiger partial charge in [-0.2, -0.15) is 0 Å². The van der Waals surface area contributed by atoms with E-state index in [9.17, 15) is 9.59 Å². The molecule has 5 nitrogen and oxygen atoms in total. The molecule has 1 saturated heterocycles. The van der Waals surface area contributed by atoms with Gasteiger partial charge in [0, 0.05) is 26.1 Å². The lowest BCUT2D eigenvalue weighted by Gasteiger charge is -2.20. The Bertz CT molecular complexity index is 572. The van der Waals surface area contributed by atoms with Crippen LogP contribution in [0.2, 0.25) is 0 Å². The van der Waals surface area contributed by atoms with E-state index in [-0.39, 0.29) is 18.4 Å². The van der Waals surface area contributed by atoms with E-state index in [1.54, 1.807) is 0 Å². The van der Waals surface area contributed by atoms with Crippen molar-refractivity contribution in [3.8, 4) is 5.75 Å². The zero-order chi connectivity index (χ0) is 17.4. The van der Waals surface area contributed by atoms with Gasteiger partial charge in [0.05, 0.1) is 0 Å². The van der Waals surface area contributed by atoms with Crippen LogP contribution in [0.1, 0.15) is 43.2 Å². The fourth-order valence-electron chi connectivity index (χ4n) is 2.93. The molecule has 0 radical (unpaired) electrons. The third-order valence-corrected chi connectivity index (χ3v) is 4.29. The van der Waals surface area contributed by atoms with Crippen LogP contribution in [0.15, 0.2) is 18.2 Å². The van der Waals surface area contributed by atoms with E-state index < -0.39 is 0 Å². The molecule has 1 aliphatic rings. The van der Waals surface area contributed by atoms with Crippen LogP contribution in [0.4, 0.5) is 0 Å². The number of likely N-dealkylation sites (tertiary alicyclic amines) is 1. The summed E-state index contributed by atoms with van der Waals surface area (Å²) in [6.07, 6.45) is 4.66. The first-order chi connectivity index (χ1) is 11.6. The van der Waals surface area contributed by atoms with Crippen molar-refractivity contribution in [3.05, 3.63) is 29.3 Å². The summed E-state index contributed by atoms with van der Waals surface area (Å²) >= 11 is 0. The number of carbonyl (C=O) groups is 2. The molecule has 1 heterocycles. The van der Waals surface area contributed by atoms with Crippen LogP contribution in [0.5, 0.6) is 5.75 Å². The average Bonchev–Trinajstić information content (AvgIpc) is 2.75. The van der Waals surface area contributed by atoms with Gasteiger partial charge in [-0.3, -0.25) is 9.59 Å². The van der Waals surface area contributed by atoms with E-state index in [1.165, 1.54) is 5.56 Å². The number of aryl methyl sites for hydroxylation is 2. The molecular formula is C19H28N2O3. The molecular weight excluding hydrogens is 304 g/mol. The normalized spacial score (nSPS) is 15.1. The lowest BCUT2D eigenvalue weighted by molar-refractivity contribution is -0.130. The van der Waals surface area contributed by atoms with Crippen molar-refractivity contribution >= 4 is 11.8 Å². The van der Waals surface area contributed by atoms with Crippen LogP contribution in [0.3, 0.4) is 0 Å². The van der Waals surface area contributed by atoms with E-state index in [2.05, 4.69) is 5.32 Å². The van der Waals surface area contributed by atoms with Crippen LogP contribution in [0.25, 0.3) is 0 Å². The summed E-state index contributed by atoms with van der Waals surface area (Å²) in [6, 6.07) is 5.90. The fraction of sp³-hybridized carbons (Fsp3) is 0.579. The van der Waals surface area contributed by atoms with Crippen molar-refractivity contribution in [2.45, 2.75) is 46.0 Å². The van der Waals surface area contributed by atoms with Gasteiger partial charge in [0.1, 0.15) is 5.75 Å². The molecule has 132 valence electrons. The number of ether oxygens (including phenoxy) is 1. The molecule has 2 amide bonds. The number of hydrogen-bond acceptors (Lipinski definition) is 3. The molecule has 1 aromatic rings. The maximum Gasteiger partial charge on any atom is 0.257 e. The van der Waals surface area contributed by atoms with Crippen LogP contribution in [-0.4, -0.2) is 43.0 Å². The third kappa shape index (κ3) is 5.87. The largest absolute Gasteiger partial charge is 0.484 e. The van der Waals surface area contributed by atoms with Crippen LogP contribution in [-0.2, 0) is 9.59 Å². The highest BCUT2D eigenvalue weighted by Gasteiger charge is 2.15. The minimum absolute atomic E-state index is 0.0204. The first kappa shape index (κ1) is 18.3. The third-order valence-electron chi connectivity index (χ3n) is 4.29. The topological polar surface area (TPSA) is 58.6 Å². The molecule has 0 unspecified atom stereocenters. The van der Waals surface area contributed by atoms with Crippen molar-refractivity contribution in [2.24, 2.45) is 0 Å². The summed E-state index contributed by atoms with van der Waals surface area (Å²) in [5.74, 6) is 0.861. The van der Waals surface area contributed by atoms with Gasteiger partial charge in [-0.25, -0.2) is 0 Å². The molecule has 24 heavy (non-hydrogen) atoms. The Hall–Kier alpha value is -2.04. The van der Waals surface area contributed by atoms with Crippen LogP contribution >= 0.6 is 0 Å². The van der Waals surface area contributed by atoms with E-state index in [1.807, 2.05) is 36.9 Å². The molecule has 5 heteroatoms. The van der Waals surface area contributed by atoms with Crippen molar-refractivity contribution in [1.82, 2.24) is 10.2 Å². The number of hydrogen-bond donors (Lipinski definition) is 1. The number of nitrogens with zero attached hydrogens (tertiary/aromatic N) is 1. The molecule has 1 aliphatic heterocycles. The number of rotatable bonds is 7. The second kappa shape index (κ2) is 9.30. The highest BCUT2D eigenvalue weighted by molar-refractivity contribution is 5.77. The number of nitrogens with one attached hydrogen (secondary N) is 1. The van der Waals surface area contributed by atoms with Crippen molar-refractivity contribution < 1.29 is 14.3 Å². The Balaban J connectivity index is 1.63. The quantitative estimate of drug-likeness (QED) is 0.781. The van der Waals surface area contributed by atoms with Gasteiger partial charge < -0.3 is 15.0 Å². The average molecular weight is 332 g/mol. The summed E-state index contributed by atoms with van der Waals surface area (Å²) < 4.78 is 5.56. The summed E-state index contributed by atoms with van der Waals surface area (Å²) in [4.78, 5) is 25.6. The molecule has 0 spiro atoms. The first-order valence-corrected chi connectivity index (χ1v) is 8.81. The lowest BCUT2D eigenvalue weighted by atomic mass is 10.1. The molecule has 0 bridgehead atoms. The van der Waals surface area contributed by atoms with E-state index >= 15 is 0 Å². The van der Waals surface area contributed by atoms with Crippen molar-refractivity contribution in [3.63, 3.8) is 0 Å². The minimum Gasteiger partial charge on any atom is -0.484 e. The second-order valence-electron chi connectivity index (χ2n) is 6.45. The van der Waals surface area contributed by atoms with Crippen molar-refractivity contribution in [1.29, 1.82) is 0 Å². The Morgan fingerprint density at radius 3 is 2.88 bits per heavy atom. The van der Waals surface area contributed by atoms with Crippen LogP contribution in [0, 0.1) is 13.8 Å². The van der Waals surface area contributed by atoms with Gasteiger partial charge in [-0.15, -0.1) is 0 Å². The number of benzene rings is 1. The minimum atomic E-state index is -0.128. The summed E-state index contributed by atoms with van der Waals surface area (Å²) in [5.41, 5.74) is 2.20. The SMILES string of the molecule is Cc1ccc(OCC(=O)NCCCN2CCCCCC2=O)c(C)c1. The molecule has 1 N–H and O–H groups in total. The van der Waals surface area contributed by atoms with E-state index in [4.69, 9.17) is 4.74 Å². The number of amides is 2. The highest BCUT2D eigenvalue weighted by Crippen LogP contribution is 2.18. The monoisotopic (exact) mass is 332 g/mol. The van der Waals surface area contributed by atoms with Gasteiger partial charge in [0.2, 0.25) is 5.91 Å². The molecule has 1 aromatic carbocycles. The summed E-state index contributed by atoms with van der Waals surface area (Å²) in [5, 5.41) is 2.85. The number of carbonyl (C=O) groups excluding carboxylic acids is 2. The lowest BCUT2D eigenvalue weighted by Crippen LogP contribution is -2.35. The highest BCUT2D eigenvalue weighted by atomic mass is 16.5. The Morgan fingerprint density at radius 2 is 2.08 bits per heavy atom.